The highest BCUT2D eigenvalue weighted by atomic mass is 16.5. The molecule has 3 aromatic carbocycles. The van der Waals surface area contributed by atoms with Gasteiger partial charge in [0.1, 0.15) is 30.0 Å². The van der Waals surface area contributed by atoms with E-state index in [1.807, 2.05) is 80.6 Å². The van der Waals surface area contributed by atoms with E-state index in [0.29, 0.717) is 23.6 Å². The van der Waals surface area contributed by atoms with Crippen LogP contribution in [0.25, 0.3) is 0 Å². The maximum absolute atomic E-state index is 13.6. The normalized spacial score (nSPS) is 14.4. The van der Waals surface area contributed by atoms with Crippen molar-refractivity contribution in [3.8, 4) is 11.5 Å². The summed E-state index contributed by atoms with van der Waals surface area (Å²) < 4.78 is 17.5. The van der Waals surface area contributed by atoms with E-state index in [0.717, 1.165) is 39.4 Å². The number of amides is 2. The highest BCUT2D eigenvalue weighted by molar-refractivity contribution is 6.01. The van der Waals surface area contributed by atoms with Crippen LogP contribution in [0.1, 0.15) is 51.5 Å². The zero-order valence-electron chi connectivity index (χ0n) is 22.4. The quantitative estimate of drug-likeness (QED) is 0.284. The number of hydrogen-bond acceptors (Lipinski definition) is 6. The van der Waals surface area contributed by atoms with Crippen molar-refractivity contribution in [1.82, 2.24) is 4.90 Å². The summed E-state index contributed by atoms with van der Waals surface area (Å²) in [4.78, 5) is 26.8. The monoisotopic (exact) mass is 525 g/mol. The van der Waals surface area contributed by atoms with Crippen molar-refractivity contribution in [3.63, 3.8) is 0 Å². The first-order chi connectivity index (χ1) is 18.8. The second kappa shape index (κ2) is 10.9. The Morgan fingerprint density at radius 2 is 1.82 bits per heavy atom. The second-order valence-corrected chi connectivity index (χ2v) is 9.59. The van der Waals surface area contributed by atoms with Crippen LogP contribution in [0.15, 0.2) is 77.4 Å². The number of furan rings is 1. The third-order valence-electron chi connectivity index (χ3n) is 6.70. The molecular formula is C31H31N3O5. The van der Waals surface area contributed by atoms with E-state index in [1.165, 1.54) is 6.92 Å². The molecule has 1 unspecified atom stereocenters. The molecule has 0 spiro atoms. The molecule has 1 aromatic heterocycles. The Bertz CT molecular complexity index is 1490. The number of hydrogen-bond donors (Lipinski definition) is 2. The van der Waals surface area contributed by atoms with Crippen molar-refractivity contribution in [2.45, 2.75) is 40.1 Å². The lowest BCUT2D eigenvalue weighted by Gasteiger charge is -2.38. The van der Waals surface area contributed by atoms with Crippen LogP contribution >= 0.6 is 0 Å². The fraction of sp³-hybridized carbons (Fsp3) is 0.226. The van der Waals surface area contributed by atoms with E-state index < -0.39 is 6.17 Å². The number of carbonyl (C=O) groups is 2. The van der Waals surface area contributed by atoms with Gasteiger partial charge < -0.3 is 29.4 Å². The van der Waals surface area contributed by atoms with Gasteiger partial charge in [0.25, 0.3) is 5.91 Å². The third kappa shape index (κ3) is 5.45. The lowest BCUT2D eigenvalue weighted by Crippen LogP contribution is -2.42. The molecule has 39 heavy (non-hydrogen) atoms. The topological polar surface area (TPSA) is 93.0 Å². The summed E-state index contributed by atoms with van der Waals surface area (Å²) in [5.41, 5.74) is 5.68. The zero-order chi connectivity index (χ0) is 27.5. The Kier molecular flexibility index (Phi) is 7.27. The fourth-order valence-corrected chi connectivity index (χ4v) is 4.97. The summed E-state index contributed by atoms with van der Waals surface area (Å²) in [6.45, 7) is 5.95. The number of nitrogens with zero attached hydrogens (tertiary/aromatic N) is 1. The Balaban J connectivity index is 1.45. The molecule has 0 saturated carbocycles. The number of ether oxygens (including phenoxy) is 2. The third-order valence-corrected chi connectivity index (χ3v) is 6.70. The molecule has 0 radical (unpaired) electrons. The number of fused-ring (bicyclic) bond motifs is 1. The summed E-state index contributed by atoms with van der Waals surface area (Å²) in [7, 11) is 1.62. The Labute approximate surface area is 227 Å². The van der Waals surface area contributed by atoms with Gasteiger partial charge in [-0.15, -0.1) is 0 Å². The molecule has 0 aliphatic carbocycles. The largest absolute Gasteiger partial charge is 0.496 e. The molecule has 5 rings (SSSR count). The minimum absolute atomic E-state index is 0.0788. The molecule has 4 aromatic rings. The molecular weight excluding hydrogens is 494 g/mol. The lowest BCUT2D eigenvalue weighted by molar-refractivity contribution is -0.114. The highest BCUT2D eigenvalue weighted by Crippen LogP contribution is 2.36. The van der Waals surface area contributed by atoms with Gasteiger partial charge in [-0.25, -0.2) is 0 Å². The van der Waals surface area contributed by atoms with Crippen LogP contribution in [0, 0.1) is 13.8 Å². The minimum atomic E-state index is -0.428. The van der Waals surface area contributed by atoms with Crippen molar-refractivity contribution in [2.75, 3.05) is 17.7 Å². The highest BCUT2D eigenvalue weighted by Gasteiger charge is 2.33. The fourth-order valence-electron chi connectivity index (χ4n) is 4.97. The summed E-state index contributed by atoms with van der Waals surface area (Å²) in [6, 6.07) is 20.8. The second-order valence-electron chi connectivity index (χ2n) is 9.59. The van der Waals surface area contributed by atoms with Crippen LogP contribution in [0.4, 0.5) is 11.4 Å². The number of methoxy groups -OCH3 is 1. The average Bonchev–Trinajstić information content (AvgIpc) is 3.42. The van der Waals surface area contributed by atoms with Crippen LogP contribution in [0.2, 0.25) is 0 Å². The predicted octanol–water partition coefficient (Wildman–Crippen LogP) is 6.21. The Morgan fingerprint density at radius 1 is 1.05 bits per heavy atom. The van der Waals surface area contributed by atoms with Gasteiger partial charge >= 0.3 is 0 Å². The van der Waals surface area contributed by atoms with Gasteiger partial charge in [0, 0.05) is 23.9 Å². The first kappa shape index (κ1) is 25.9. The van der Waals surface area contributed by atoms with Crippen LogP contribution in [0.3, 0.4) is 0 Å². The molecule has 8 nitrogen and oxygen atoms in total. The molecule has 2 amide bonds. The number of para-hydroxylation sites is 1. The number of carbonyl (C=O) groups excluding carboxylic acids is 2. The Morgan fingerprint density at radius 3 is 2.51 bits per heavy atom. The number of rotatable bonds is 8. The van der Waals surface area contributed by atoms with Gasteiger partial charge in [0.05, 0.1) is 25.5 Å². The van der Waals surface area contributed by atoms with Gasteiger partial charge in [0.15, 0.2) is 0 Å². The van der Waals surface area contributed by atoms with Gasteiger partial charge in [-0.05, 0) is 79.1 Å². The van der Waals surface area contributed by atoms with Gasteiger partial charge in [-0.3, -0.25) is 9.59 Å². The molecule has 0 saturated heterocycles. The van der Waals surface area contributed by atoms with E-state index in [2.05, 4.69) is 10.6 Å². The summed E-state index contributed by atoms with van der Waals surface area (Å²) in [5, 5.41) is 6.35. The number of benzene rings is 3. The van der Waals surface area contributed by atoms with Crippen molar-refractivity contribution in [3.05, 3.63) is 107 Å². The summed E-state index contributed by atoms with van der Waals surface area (Å²) >= 11 is 0. The zero-order valence-corrected chi connectivity index (χ0v) is 22.4. The molecule has 0 bridgehead atoms. The maximum Gasteiger partial charge on any atom is 0.258 e. The molecule has 200 valence electrons. The van der Waals surface area contributed by atoms with E-state index in [1.54, 1.807) is 18.3 Å². The van der Waals surface area contributed by atoms with Crippen LogP contribution in [0.5, 0.6) is 11.5 Å². The van der Waals surface area contributed by atoms with Crippen LogP contribution in [-0.2, 0) is 17.9 Å². The molecule has 1 atom stereocenters. The SMILES string of the molecule is COc1ccc(C2Nc3ccccc3C(=O)N2Cc2ccco2)cc1COc1c(C)cc(NC(C)=O)cc1C. The van der Waals surface area contributed by atoms with Crippen molar-refractivity contribution in [1.29, 1.82) is 0 Å². The first-order valence-corrected chi connectivity index (χ1v) is 12.7. The molecule has 1 aliphatic heterocycles. The van der Waals surface area contributed by atoms with E-state index in [-0.39, 0.29) is 18.4 Å². The summed E-state index contributed by atoms with van der Waals surface area (Å²) in [6.07, 6.45) is 1.18. The van der Waals surface area contributed by atoms with Crippen LogP contribution < -0.4 is 20.1 Å². The average molecular weight is 526 g/mol. The minimum Gasteiger partial charge on any atom is -0.496 e. The van der Waals surface area contributed by atoms with Crippen molar-refractivity contribution in [2.24, 2.45) is 0 Å². The number of nitrogens with one attached hydrogen (secondary N) is 2. The number of anilines is 2. The first-order valence-electron chi connectivity index (χ1n) is 12.7. The maximum atomic E-state index is 13.6. The smallest absolute Gasteiger partial charge is 0.258 e. The molecule has 0 fully saturated rings. The van der Waals surface area contributed by atoms with E-state index >= 15 is 0 Å². The van der Waals surface area contributed by atoms with Crippen LogP contribution in [-0.4, -0.2) is 23.8 Å². The van der Waals surface area contributed by atoms with E-state index in [4.69, 9.17) is 13.9 Å². The van der Waals surface area contributed by atoms with Gasteiger partial charge in [-0.2, -0.15) is 0 Å². The van der Waals surface area contributed by atoms with Crippen molar-refractivity contribution < 1.29 is 23.5 Å². The molecule has 1 aliphatic rings. The molecule has 8 heteroatoms. The Hall–Kier alpha value is -4.72. The van der Waals surface area contributed by atoms with Crippen molar-refractivity contribution >= 4 is 23.2 Å². The predicted molar refractivity (Wildman–Crippen MR) is 149 cm³/mol. The summed E-state index contributed by atoms with van der Waals surface area (Å²) in [5.74, 6) is 1.92. The number of aryl methyl sites for hydroxylation is 2. The van der Waals surface area contributed by atoms with E-state index in [9.17, 15) is 9.59 Å². The van der Waals surface area contributed by atoms with Gasteiger partial charge in [-0.1, -0.05) is 18.2 Å². The molecule has 2 heterocycles. The standard InChI is InChI=1S/C31H31N3O5/c1-19-14-24(32-21(3)35)15-20(2)29(19)39-18-23-16-22(11-12-28(23)37-4)30-33-27-10-6-5-9-26(27)31(36)34(30)17-25-8-7-13-38-25/h5-16,30,33H,17-18H2,1-4H3,(H,32,35). The van der Waals surface area contributed by atoms with Gasteiger partial charge in [0.2, 0.25) is 5.91 Å². The lowest BCUT2D eigenvalue weighted by atomic mass is 10.0. The molecule has 2 N–H and O–H groups in total.